The molecule has 0 radical (unpaired) electrons. The summed E-state index contributed by atoms with van der Waals surface area (Å²) in [5, 5.41) is 21.6. The van der Waals surface area contributed by atoms with Crippen LogP contribution in [0.2, 0.25) is 0 Å². The van der Waals surface area contributed by atoms with E-state index in [1.807, 2.05) is 6.92 Å². The third-order valence-electron chi connectivity index (χ3n) is 7.46. The van der Waals surface area contributed by atoms with Crippen LogP contribution >= 0.6 is 0 Å². The van der Waals surface area contributed by atoms with Gasteiger partial charge in [-0.05, 0) is 63.2 Å². The summed E-state index contributed by atoms with van der Waals surface area (Å²) >= 11 is 0. The number of fused-ring (bicyclic) bond motifs is 1. The first-order chi connectivity index (χ1) is 21.2. The van der Waals surface area contributed by atoms with E-state index in [0.717, 1.165) is 24.3 Å². The summed E-state index contributed by atoms with van der Waals surface area (Å²) in [6, 6.07) is 6.68. The summed E-state index contributed by atoms with van der Waals surface area (Å²) < 4.78 is 50.0. The average Bonchev–Trinajstić information content (AvgIpc) is 3.30. The fraction of sp³-hybridized carbons (Fsp3) is 0.400. The number of carbonyl (C=O) groups excluding carboxylic acids is 3. The minimum atomic E-state index is -4.51. The second-order valence-electron chi connectivity index (χ2n) is 11.0. The van der Waals surface area contributed by atoms with Crippen LogP contribution in [0, 0.1) is 19.8 Å². The SMILES string of the molecule is Cc1noc(C)c1NC(=O)N(C)C[C@@H]1Oc2ccc(NC(=O)Nc3ccc(C(F)(F)F)cc3)cc2C(=O)N([C@@H](C)CO)C[C@H]1C. The fourth-order valence-electron chi connectivity index (χ4n) is 4.77. The van der Waals surface area contributed by atoms with E-state index < -0.39 is 41.9 Å². The van der Waals surface area contributed by atoms with Crippen molar-refractivity contribution in [2.75, 3.05) is 42.7 Å². The molecule has 45 heavy (non-hydrogen) atoms. The molecule has 1 aliphatic rings. The predicted molar refractivity (Wildman–Crippen MR) is 159 cm³/mol. The number of aliphatic hydroxyl groups excluding tert-OH is 1. The number of anilines is 3. The van der Waals surface area contributed by atoms with E-state index in [9.17, 15) is 32.7 Å². The maximum atomic E-state index is 13.7. The van der Waals surface area contributed by atoms with Crippen LogP contribution in [0.4, 0.5) is 39.8 Å². The number of rotatable bonds is 7. The number of amides is 5. The first kappa shape index (κ1) is 33.1. The number of halogens is 3. The Hall–Kier alpha value is -4.79. The molecule has 1 aromatic heterocycles. The normalized spacial score (nSPS) is 17.4. The van der Waals surface area contributed by atoms with Gasteiger partial charge in [0.2, 0.25) is 0 Å². The molecule has 1 aliphatic heterocycles. The Morgan fingerprint density at radius 1 is 1.11 bits per heavy atom. The number of hydrogen-bond donors (Lipinski definition) is 4. The predicted octanol–water partition coefficient (Wildman–Crippen LogP) is 5.34. The molecule has 3 atom stereocenters. The van der Waals surface area contributed by atoms with Gasteiger partial charge in [0.05, 0.1) is 30.3 Å². The molecule has 12 nitrogen and oxygen atoms in total. The molecule has 15 heteroatoms. The van der Waals surface area contributed by atoms with E-state index in [1.165, 1.54) is 28.0 Å². The van der Waals surface area contributed by atoms with Gasteiger partial charge in [0.25, 0.3) is 5.91 Å². The zero-order valence-electron chi connectivity index (χ0n) is 25.4. The number of carbonyl (C=O) groups is 3. The van der Waals surface area contributed by atoms with E-state index in [0.29, 0.717) is 17.1 Å². The minimum Gasteiger partial charge on any atom is -0.487 e. The van der Waals surface area contributed by atoms with Crippen molar-refractivity contribution in [2.45, 2.75) is 46.0 Å². The molecule has 2 heterocycles. The summed E-state index contributed by atoms with van der Waals surface area (Å²) in [7, 11) is 1.60. The lowest BCUT2D eigenvalue weighted by atomic mass is 9.99. The van der Waals surface area contributed by atoms with Gasteiger partial charge >= 0.3 is 18.2 Å². The van der Waals surface area contributed by atoms with Crippen molar-refractivity contribution in [3.05, 3.63) is 65.0 Å². The fourth-order valence-corrected chi connectivity index (χ4v) is 4.77. The number of aromatic nitrogens is 1. The van der Waals surface area contributed by atoms with Gasteiger partial charge in [0.1, 0.15) is 23.2 Å². The summed E-state index contributed by atoms with van der Waals surface area (Å²) in [6.07, 6.45) is -5.08. The van der Waals surface area contributed by atoms with Gasteiger partial charge in [-0.3, -0.25) is 4.79 Å². The maximum Gasteiger partial charge on any atom is 0.416 e. The van der Waals surface area contributed by atoms with Crippen molar-refractivity contribution >= 4 is 35.0 Å². The smallest absolute Gasteiger partial charge is 0.416 e. The highest BCUT2D eigenvalue weighted by molar-refractivity contribution is 6.02. The number of aliphatic hydroxyl groups is 1. The maximum absolute atomic E-state index is 13.7. The topological polar surface area (TPSA) is 149 Å². The minimum absolute atomic E-state index is 0.113. The van der Waals surface area contributed by atoms with Crippen LogP contribution in [0.15, 0.2) is 47.0 Å². The van der Waals surface area contributed by atoms with Gasteiger partial charge in [-0.1, -0.05) is 12.1 Å². The second-order valence-corrected chi connectivity index (χ2v) is 11.0. The number of ether oxygens (including phenoxy) is 1. The Kier molecular flexibility index (Phi) is 9.91. The molecule has 2 aromatic carbocycles. The summed E-state index contributed by atoms with van der Waals surface area (Å²) in [6.45, 7) is 7.01. The van der Waals surface area contributed by atoms with Crippen LogP contribution in [0.5, 0.6) is 5.75 Å². The number of likely N-dealkylation sites (N-methyl/N-ethyl adjacent to an activating group) is 1. The van der Waals surface area contributed by atoms with Crippen LogP contribution in [0.3, 0.4) is 0 Å². The quantitative estimate of drug-likeness (QED) is 0.275. The van der Waals surface area contributed by atoms with Gasteiger partial charge in [-0.15, -0.1) is 0 Å². The molecule has 0 fully saturated rings. The Bertz CT molecular complexity index is 1520. The number of nitrogens with one attached hydrogen (secondary N) is 3. The summed E-state index contributed by atoms with van der Waals surface area (Å²) in [5.41, 5.74) is 0.613. The zero-order valence-corrected chi connectivity index (χ0v) is 25.4. The molecule has 0 unspecified atom stereocenters. The molecule has 4 rings (SSSR count). The molecular weight excluding hydrogens is 597 g/mol. The number of nitrogens with zero attached hydrogens (tertiary/aromatic N) is 3. The molecule has 4 N–H and O–H groups in total. The summed E-state index contributed by atoms with van der Waals surface area (Å²) in [5.74, 6) is -0.0332. The molecule has 3 aromatic rings. The summed E-state index contributed by atoms with van der Waals surface area (Å²) in [4.78, 5) is 42.3. The Labute approximate surface area is 257 Å². The van der Waals surface area contributed by atoms with E-state index in [1.54, 1.807) is 27.8 Å². The van der Waals surface area contributed by atoms with Crippen molar-refractivity contribution in [3.8, 4) is 5.75 Å². The molecule has 242 valence electrons. The first-order valence-electron chi connectivity index (χ1n) is 14.1. The van der Waals surface area contributed by atoms with Crippen LogP contribution in [0.1, 0.15) is 41.2 Å². The van der Waals surface area contributed by atoms with Crippen molar-refractivity contribution in [2.24, 2.45) is 5.92 Å². The Balaban J connectivity index is 1.54. The van der Waals surface area contributed by atoms with Gasteiger partial charge in [-0.2, -0.15) is 13.2 Å². The Morgan fingerprint density at radius 2 is 1.76 bits per heavy atom. The number of hydrogen-bond acceptors (Lipinski definition) is 7. The molecule has 0 aliphatic carbocycles. The monoisotopic (exact) mass is 632 g/mol. The lowest BCUT2D eigenvalue weighted by molar-refractivity contribution is -0.137. The highest BCUT2D eigenvalue weighted by Crippen LogP contribution is 2.32. The van der Waals surface area contributed by atoms with Gasteiger partial charge in [0, 0.05) is 30.9 Å². The molecule has 5 amide bonds. The van der Waals surface area contributed by atoms with Gasteiger partial charge in [0.15, 0.2) is 5.76 Å². The van der Waals surface area contributed by atoms with Crippen LogP contribution < -0.4 is 20.7 Å². The van der Waals surface area contributed by atoms with Crippen molar-refractivity contribution < 1.29 is 41.9 Å². The average molecular weight is 633 g/mol. The largest absolute Gasteiger partial charge is 0.487 e. The van der Waals surface area contributed by atoms with E-state index in [2.05, 4.69) is 21.1 Å². The van der Waals surface area contributed by atoms with E-state index >= 15 is 0 Å². The molecule has 0 spiro atoms. The van der Waals surface area contributed by atoms with E-state index in [4.69, 9.17) is 9.26 Å². The lowest BCUT2D eigenvalue weighted by Crippen LogP contribution is -2.50. The van der Waals surface area contributed by atoms with Crippen molar-refractivity contribution in [1.82, 2.24) is 15.0 Å². The van der Waals surface area contributed by atoms with Gasteiger partial charge in [-0.25, -0.2) is 9.59 Å². The van der Waals surface area contributed by atoms with Crippen LogP contribution in [0.25, 0.3) is 0 Å². The molecular formula is C30H35F3N6O6. The third-order valence-corrected chi connectivity index (χ3v) is 7.46. The standard InChI is InChI=1S/C30H35F3N6O6/c1-16-13-39(17(2)15-40)27(41)23-12-22(35-28(42)34-21-8-6-20(7-9-21)30(31,32)33)10-11-24(23)44-25(16)14-38(5)29(43)36-26-18(3)37-45-19(26)4/h6-12,16-17,25,40H,13-15H2,1-5H3,(H,36,43)(H2,34,35,42)/t16-,17+,25+/m1/s1. The van der Waals surface area contributed by atoms with Crippen LogP contribution in [-0.4, -0.2) is 76.9 Å². The van der Waals surface area contributed by atoms with E-state index in [-0.39, 0.29) is 48.3 Å². The molecule has 0 bridgehead atoms. The lowest BCUT2D eigenvalue weighted by Gasteiger charge is -2.38. The van der Waals surface area contributed by atoms with Crippen molar-refractivity contribution in [1.29, 1.82) is 0 Å². The highest BCUT2D eigenvalue weighted by Gasteiger charge is 2.34. The molecule has 0 saturated heterocycles. The second kappa shape index (κ2) is 13.5. The third kappa shape index (κ3) is 7.84. The van der Waals surface area contributed by atoms with Crippen molar-refractivity contribution in [3.63, 3.8) is 0 Å². The zero-order chi connectivity index (χ0) is 33.1. The number of alkyl halides is 3. The first-order valence-corrected chi connectivity index (χ1v) is 14.1. The number of aryl methyl sites for hydroxylation is 2. The Morgan fingerprint density at radius 3 is 2.36 bits per heavy atom. The number of urea groups is 2. The van der Waals surface area contributed by atoms with Crippen LogP contribution in [-0.2, 0) is 6.18 Å². The highest BCUT2D eigenvalue weighted by atomic mass is 19.4. The molecule has 0 saturated carbocycles. The van der Waals surface area contributed by atoms with Gasteiger partial charge < -0.3 is 40.1 Å². The number of benzene rings is 2.